The number of carbonyl (C=O) groups is 2. The van der Waals surface area contributed by atoms with E-state index in [9.17, 15) is 9.59 Å². The molecule has 3 rings (SSSR count). The van der Waals surface area contributed by atoms with Crippen LogP contribution in [-0.4, -0.2) is 30.3 Å². The number of rotatable bonds is 4. The highest BCUT2D eigenvalue weighted by molar-refractivity contribution is 8.13. The number of amidine groups is 1. The molecule has 5 nitrogen and oxygen atoms in total. The summed E-state index contributed by atoms with van der Waals surface area (Å²) >= 11 is 1.29. The molecular weight excluding hydrogens is 336 g/mol. The predicted octanol–water partition coefficient (Wildman–Crippen LogP) is 3.15. The average molecular weight is 354 g/mol. The van der Waals surface area contributed by atoms with Crippen molar-refractivity contribution in [1.82, 2.24) is 0 Å². The molecule has 0 radical (unpaired) electrons. The second kappa shape index (κ2) is 7.53. The summed E-state index contributed by atoms with van der Waals surface area (Å²) in [5, 5.41) is 0.409. The standard InChI is InChI=1S/C19H18N2O3S/c1-24-15-10-8-13(9-11-15)12-16-17(22)20-19(25-2)21(18(16)23)14-6-4-3-5-7-14/h3-11,16H,12H2,1-2H3. The molecule has 0 N–H and O–H groups in total. The van der Waals surface area contributed by atoms with E-state index in [1.165, 1.54) is 16.7 Å². The number of para-hydroxylation sites is 1. The van der Waals surface area contributed by atoms with Crippen molar-refractivity contribution < 1.29 is 14.3 Å². The normalized spacial score (nSPS) is 17.4. The number of aliphatic imine (C=N–C) groups is 1. The summed E-state index contributed by atoms with van der Waals surface area (Å²) < 4.78 is 5.14. The largest absolute Gasteiger partial charge is 0.497 e. The highest BCUT2D eigenvalue weighted by Crippen LogP contribution is 2.27. The zero-order valence-electron chi connectivity index (χ0n) is 14.0. The Balaban J connectivity index is 1.90. The quantitative estimate of drug-likeness (QED) is 0.792. The summed E-state index contributed by atoms with van der Waals surface area (Å²) in [5.41, 5.74) is 1.61. The van der Waals surface area contributed by atoms with Gasteiger partial charge in [-0.15, -0.1) is 0 Å². The van der Waals surface area contributed by atoms with Crippen molar-refractivity contribution in [1.29, 1.82) is 0 Å². The third-order valence-corrected chi connectivity index (χ3v) is 4.65. The average Bonchev–Trinajstić information content (AvgIpc) is 2.65. The van der Waals surface area contributed by atoms with Crippen molar-refractivity contribution in [2.45, 2.75) is 6.42 Å². The number of benzene rings is 2. The monoisotopic (exact) mass is 354 g/mol. The molecule has 0 fully saturated rings. The summed E-state index contributed by atoms with van der Waals surface area (Å²) in [6.45, 7) is 0. The maximum absolute atomic E-state index is 13.0. The Morgan fingerprint density at radius 3 is 2.36 bits per heavy atom. The van der Waals surface area contributed by atoms with E-state index in [4.69, 9.17) is 4.74 Å². The van der Waals surface area contributed by atoms with Gasteiger partial charge in [0.05, 0.1) is 12.8 Å². The Bertz CT molecular complexity index is 803. The van der Waals surface area contributed by atoms with Gasteiger partial charge in [0.15, 0.2) is 5.17 Å². The van der Waals surface area contributed by atoms with Gasteiger partial charge in [-0.05, 0) is 42.5 Å². The van der Waals surface area contributed by atoms with Gasteiger partial charge in [0.2, 0.25) is 5.91 Å². The molecule has 1 atom stereocenters. The third-order valence-electron chi connectivity index (χ3n) is 4.01. The lowest BCUT2D eigenvalue weighted by atomic mass is 9.96. The molecule has 128 valence electrons. The van der Waals surface area contributed by atoms with Gasteiger partial charge in [-0.3, -0.25) is 14.5 Å². The molecule has 0 saturated carbocycles. The summed E-state index contributed by atoms with van der Waals surface area (Å²) in [7, 11) is 1.60. The molecule has 2 aromatic carbocycles. The molecule has 6 heteroatoms. The molecule has 25 heavy (non-hydrogen) atoms. The maximum atomic E-state index is 13.0. The summed E-state index contributed by atoms with van der Waals surface area (Å²) in [6.07, 6.45) is 2.12. The Kier molecular flexibility index (Phi) is 5.19. The first-order valence-corrected chi connectivity index (χ1v) is 9.05. The minimum atomic E-state index is -0.815. The van der Waals surface area contributed by atoms with Crippen molar-refractivity contribution >= 4 is 34.4 Å². The molecule has 0 aromatic heterocycles. The van der Waals surface area contributed by atoms with Crippen molar-refractivity contribution in [2.75, 3.05) is 18.3 Å². The molecule has 1 unspecified atom stereocenters. The molecule has 1 aliphatic heterocycles. The van der Waals surface area contributed by atoms with Gasteiger partial charge in [-0.25, -0.2) is 0 Å². The Morgan fingerprint density at radius 1 is 1.08 bits per heavy atom. The number of hydrogen-bond donors (Lipinski definition) is 0. The zero-order chi connectivity index (χ0) is 17.8. The number of nitrogens with zero attached hydrogens (tertiary/aromatic N) is 2. The van der Waals surface area contributed by atoms with E-state index in [2.05, 4.69) is 4.99 Å². The van der Waals surface area contributed by atoms with Crippen LogP contribution >= 0.6 is 11.8 Å². The molecule has 0 aliphatic carbocycles. The van der Waals surface area contributed by atoms with Crippen LogP contribution in [0.15, 0.2) is 59.6 Å². The van der Waals surface area contributed by atoms with Crippen LogP contribution in [0, 0.1) is 5.92 Å². The van der Waals surface area contributed by atoms with Crippen LogP contribution in [0.3, 0.4) is 0 Å². The minimum Gasteiger partial charge on any atom is -0.497 e. The first-order valence-electron chi connectivity index (χ1n) is 7.82. The maximum Gasteiger partial charge on any atom is 0.261 e. The number of ether oxygens (including phenoxy) is 1. The van der Waals surface area contributed by atoms with E-state index >= 15 is 0 Å². The molecule has 1 heterocycles. The van der Waals surface area contributed by atoms with Crippen molar-refractivity contribution in [2.24, 2.45) is 10.9 Å². The fraction of sp³-hybridized carbons (Fsp3) is 0.211. The number of carbonyl (C=O) groups excluding carboxylic acids is 2. The van der Waals surface area contributed by atoms with E-state index in [-0.39, 0.29) is 5.91 Å². The lowest BCUT2D eigenvalue weighted by Crippen LogP contribution is -2.47. The highest BCUT2D eigenvalue weighted by atomic mass is 32.2. The molecule has 1 aliphatic rings. The molecule has 0 bridgehead atoms. The van der Waals surface area contributed by atoms with Crippen LogP contribution in [0.25, 0.3) is 0 Å². The second-order valence-electron chi connectivity index (χ2n) is 5.55. The van der Waals surface area contributed by atoms with Crippen molar-refractivity contribution in [3.8, 4) is 5.75 Å². The summed E-state index contributed by atoms with van der Waals surface area (Å²) in [5.74, 6) is -0.716. The fourth-order valence-electron chi connectivity index (χ4n) is 2.70. The number of anilines is 1. The molecule has 0 spiro atoms. The molecule has 2 aromatic rings. The predicted molar refractivity (Wildman–Crippen MR) is 100 cm³/mol. The fourth-order valence-corrected chi connectivity index (χ4v) is 3.26. The zero-order valence-corrected chi connectivity index (χ0v) is 14.8. The SMILES string of the molecule is COc1ccc(CC2C(=O)N=C(SC)N(c3ccccc3)C2=O)cc1. The Hall–Kier alpha value is -2.60. The first kappa shape index (κ1) is 17.2. The summed E-state index contributed by atoms with van der Waals surface area (Å²) in [6, 6.07) is 16.6. The number of amides is 2. The van der Waals surface area contributed by atoms with Crippen molar-refractivity contribution in [3.05, 3.63) is 60.2 Å². The molecule has 0 saturated heterocycles. The third kappa shape index (κ3) is 3.58. The smallest absolute Gasteiger partial charge is 0.261 e. The summed E-state index contributed by atoms with van der Waals surface area (Å²) in [4.78, 5) is 31.1. The van der Waals surface area contributed by atoms with Gasteiger partial charge in [-0.1, -0.05) is 42.1 Å². The van der Waals surface area contributed by atoms with Gasteiger partial charge in [0.1, 0.15) is 11.7 Å². The molecule has 2 amide bonds. The van der Waals surface area contributed by atoms with Gasteiger partial charge in [-0.2, -0.15) is 4.99 Å². The lowest BCUT2D eigenvalue weighted by molar-refractivity contribution is -0.131. The van der Waals surface area contributed by atoms with Gasteiger partial charge >= 0.3 is 0 Å². The van der Waals surface area contributed by atoms with Gasteiger partial charge in [0.25, 0.3) is 5.91 Å². The van der Waals surface area contributed by atoms with E-state index in [1.54, 1.807) is 13.4 Å². The van der Waals surface area contributed by atoms with E-state index in [0.29, 0.717) is 17.3 Å². The van der Waals surface area contributed by atoms with E-state index in [0.717, 1.165) is 11.3 Å². The van der Waals surface area contributed by atoms with Crippen LogP contribution in [0.1, 0.15) is 5.56 Å². The van der Waals surface area contributed by atoms with Crippen LogP contribution < -0.4 is 9.64 Å². The van der Waals surface area contributed by atoms with Crippen LogP contribution in [0.4, 0.5) is 5.69 Å². The van der Waals surface area contributed by atoms with E-state index in [1.807, 2.05) is 54.6 Å². The lowest BCUT2D eigenvalue weighted by Gasteiger charge is -2.30. The highest BCUT2D eigenvalue weighted by Gasteiger charge is 2.38. The van der Waals surface area contributed by atoms with Crippen molar-refractivity contribution in [3.63, 3.8) is 0 Å². The number of methoxy groups -OCH3 is 1. The minimum absolute atomic E-state index is 0.244. The first-order chi connectivity index (χ1) is 12.1. The second-order valence-corrected chi connectivity index (χ2v) is 6.32. The van der Waals surface area contributed by atoms with E-state index < -0.39 is 11.8 Å². The van der Waals surface area contributed by atoms with Gasteiger partial charge < -0.3 is 4.74 Å². The molecular formula is C19H18N2O3S. The number of thioether (sulfide) groups is 1. The number of hydrogen-bond acceptors (Lipinski definition) is 4. The Morgan fingerprint density at radius 2 is 1.76 bits per heavy atom. The van der Waals surface area contributed by atoms with Crippen LogP contribution in [0.5, 0.6) is 5.75 Å². The Labute approximate surface area is 150 Å². The topological polar surface area (TPSA) is 59.0 Å². The van der Waals surface area contributed by atoms with Crippen LogP contribution in [-0.2, 0) is 16.0 Å². The van der Waals surface area contributed by atoms with Gasteiger partial charge in [0, 0.05) is 0 Å². The van der Waals surface area contributed by atoms with Crippen LogP contribution in [0.2, 0.25) is 0 Å².